The fourth-order valence-corrected chi connectivity index (χ4v) is 1.62. The van der Waals surface area contributed by atoms with Crippen LogP contribution >= 0.6 is 23.2 Å². The average Bonchev–Trinajstić information content (AvgIpc) is 2.29. The van der Waals surface area contributed by atoms with Gasteiger partial charge in [0.05, 0.1) is 10.6 Å². The summed E-state index contributed by atoms with van der Waals surface area (Å²) in [6.07, 6.45) is 1.12. The fourth-order valence-electron chi connectivity index (χ4n) is 1.27. The molecule has 0 aliphatic carbocycles. The van der Waals surface area contributed by atoms with Crippen molar-refractivity contribution in [2.24, 2.45) is 0 Å². The van der Waals surface area contributed by atoms with Crippen molar-refractivity contribution in [2.75, 3.05) is 13.1 Å². The second kappa shape index (κ2) is 6.35. The van der Waals surface area contributed by atoms with Gasteiger partial charge in [-0.2, -0.15) is 0 Å². The van der Waals surface area contributed by atoms with Gasteiger partial charge in [0.2, 0.25) is 0 Å². The highest BCUT2D eigenvalue weighted by atomic mass is 35.5. The smallest absolute Gasteiger partial charge is 0.323 e. The van der Waals surface area contributed by atoms with Crippen LogP contribution in [0.15, 0.2) is 12.3 Å². The highest BCUT2D eigenvalue weighted by Crippen LogP contribution is 2.19. The lowest BCUT2D eigenvalue weighted by atomic mass is 10.2. The normalized spacial score (nSPS) is 10.0. The number of halogens is 2. The molecule has 0 spiro atoms. The van der Waals surface area contributed by atoms with Crippen molar-refractivity contribution in [2.45, 2.75) is 0 Å². The quantitative estimate of drug-likeness (QED) is 0.786. The van der Waals surface area contributed by atoms with Crippen LogP contribution in [0.5, 0.6) is 0 Å². The van der Waals surface area contributed by atoms with E-state index in [1.165, 1.54) is 0 Å². The summed E-state index contributed by atoms with van der Waals surface area (Å²) in [5, 5.41) is 17.3. The van der Waals surface area contributed by atoms with Crippen molar-refractivity contribution in [3.8, 4) is 0 Å². The zero-order valence-corrected chi connectivity index (χ0v) is 10.9. The van der Waals surface area contributed by atoms with Gasteiger partial charge in [-0.15, -0.1) is 0 Å². The van der Waals surface area contributed by atoms with Gasteiger partial charge in [-0.1, -0.05) is 23.2 Å². The lowest BCUT2D eigenvalue weighted by Crippen LogP contribution is -2.39. The summed E-state index contributed by atoms with van der Waals surface area (Å²) in [5.74, 6) is -3.53. The van der Waals surface area contributed by atoms with Gasteiger partial charge in [0, 0.05) is 6.20 Å². The summed E-state index contributed by atoms with van der Waals surface area (Å²) in [7, 11) is 0. The number of aromatic nitrogens is 1. The monoisotopic (exact) mass is 306 g/mol. The molecule has 7 nitrogen and oxygen atoms in total. The van der Waals surface area contributed by atoms with Crippen molar-refractivity contribution >= 4 is 41.0 Å². The molecule has 1 heterocycles. The van der Waals surface area contributed by atoms with Crippen LogP contribution in [0.1, 0.15) is 10.4 Å². The predicted molar refractivity (Wildman–Crippen MR) is 65.4 cm³/mol. The Hall–Kier alpha value is -1.86. The maximum Gasteiger partial charge on any atom is 0.323 e. The number of aliphatic carboxylic acids is 2. The van der Waals surface area contributed by atoms with E-state index in [1.807, 2.05) is 0 Å². The standard InChI is InChI=1S/C10H8Cl2N2O5/c11-6-2-13-7(12)1-5(6)10(19)14(3-8(15)16)4-9(17)18/h1-2H,3-4H2,(H,15,16)(H,17,18). The number of carbonyl (C=O) groups excluding carboxylic acids is 1. The van der Waals surface area contributed by atoms with E-state index in [4.69, 9.17) is 33.4 Å². The Morgan fingerprint density at radius 3 is 2.16 bits per heavy atom. The van der Waals surface area contributed by atoms with Crippen LogP contribution in [0.4, 0.5) is 0 Å². The molecule has 0 aliphatic heterocycles. The first-order valence-electron chi connectivity index (χ1n) is 4.85. The zero-order chi connectivity index (χ0) is 14.6. The van der Waals surface area contributed by atoms with E-state index in [0.29, 0.717) is 4.90 Å². The van der Waals surface area contributed by atoms with Crippen molar-refractivity contribution in [1.82, 2.24) is 9.88 Å². The van der Waals surface area contributed by atoms with Crippen molar-refractivity contribution in [3.05, 3.63) is 28.0 Å². The fraction of sp³-hybridized carbons (Fsp3) is 0.200. The molecule has 1 aromatic heterocycles. The molecule has 0 aliphatic rings. The Bertz CT molecular complexity index is 519. The molecule has 0 bridgehead atoms. The second-order valence-corrected chi connectivity index (χ2v) is 4.23. The third kappa shape index (κ3) is 4.38. The van der Waals surface area contributed by atoms with Crippen LogP contribution in [0.2, 0.25) is 10.2 Å². The number of nitrogens with zero attached hydrogens (tertiary/aromatic N) is 2. The largest absolute Gasteiger partial charge is 0.480 e. The van der Waals surface area contributed by atoms with Crippen molar-refractivity contribution < 1.29 is 24.6 Å². The molecule has 9 heteroatoms. The van der Waals surface area contributed by atoms with Crippen LogP contribution in [0.25, 0.3) is 0 Å². The summed E-state index contributed by atoms with van der Waals surface area (Å²) < 4.78 is 0. The molecule has 19 heavy (non-hydrogen) atoms. The van der Waals surface area contributed by atoms with Crippen molar-refractivity contribution in [1.29, 1.82) is 0 Å². The Morgan fingerprint density at radius 1 is 1.16 bits per heavy atom. The number of amides is 1. The molecular formula is C10H8Cl2N2O5. The van der Waals surface area contributed by atoms with E-state index in [-0.39, 0.29) is 15.7 Å². The predicted octanol–water partition coefficient (Wildman–Crippen LogP) is 1.000. The number of carboxylic acids is 2. The van der Waals surface area contributed by atoms with Crippen LogP contribution < -0.4 is 0 Å². The minimum absolute atomic E-state index is 0.0154. The van der Waals surface area contributed by atoms with E-state index in [0.717, 1.165) is 12.3 Å². The van der Waals surface area contributed by atoms with Gasteiger partial charge in [-0.25, -0.2) is 4.98 Å². The molecule has 1 aromatic rings. The Morgan fingerprint density at radius 2 is 1.68 bits per heavy atom. The number of hydrogen-bond acceptors (Lipinski definition) is 4. The number of hydrogen-bond donors (Lipinski definition) is 2. The lowest BCUT2D eigenvalue weighted by Gasteiger charge is -2.18. The number of carbonyl (C=O) groups is 3. The third-order valence-corrected chi connectivity index (χ3v) is 2.50. The molecule has 0 radical (unpaired) electrons. The lowest BCUT2D eigenvalue weighted by molar-refractivity contribution is -0.140. The van der Waals surface area contributed by atoms with Crippen LogP contribution in [0, 0.1) is 0 Å². The molecule has 102 valence electrons. The maximum absolute atomic E-state index is 12.0. The van der Waals surface area contributed by atoms with Gasteiger partial charge >= 0.3 is 11.9 Å². The number of pyridine rings is 1. The van der Waals surface area contributed by atoms with Crippen LogP contribution in [0.3, 0.4) is 0 Å². The van der Waals surface area contributed by atoms with Gasteiger partial charge < -0.3 is 15.1 Å². The SMILES string of the molecule is O=C(O)CN(CC(=O)O)C(=O)c1cc(Cl)ncc1Cl. The summed E-state index contributed by atoms with van der Waals surface area (Å²) in [4.78, 5) is 37.5. The topological polar surface area (TPSA) is 108 Å². The second-order valence-electron chi connectivity index (χ2n) is 3.44. The van der Waals surface area contributed by atoms with Gasteiger partial charge in [-0.3, -0.25) is 14.4 Å². The average molecular weight is 307 g/mol. The summed E-state index contributed by atoms with van der Waals surface area (Å²) in [6.45, 7) is -1.52. The van der Waals surface area contributed by atoms with Crippen LogP contribution in [-0.2, 0) is 9.59 Å². The first-order valence-corrected chi connectivity index (χ1v) is 5.60. The molecule has 1 amide bonds. The molecule has 2 N–H and O–H groups in total. The summed E-state index contributed by atoms with van der Waals surface area (Å²) in [5.41, 5.74) is -0.107. The van der Waals surface area contributed by atoms with Gasteiger partial charge in [-0.05, 0) is 6.07 Å². The molecule has 0 fully saturated rings. The molecule has 0 unspecified atom stereocenters. The highest BCUT2D eigenvalue weighted by molar-refractivity contribution is 6.35. The maximum atomic E-state index is 12.0. The number of carboxylic acid groups (broad SMARTS) is 2. The third-order valence-electron chi connectivity index (χ3n) is 1.99. The van der Waals surface area contributed by atoms with Crippen molar-refractivity contribution in [3.63, 3.8) is 0 Å². The van der Waals surface area contributed by atoms with Crippen LogP contribution in [-0.4, -0.2) is 51.0 Å². The Kier molecular flexibility index (Phi) is 5.08. The molecule has 0 saturated heterocycles. The molecule has 1 rings (SSSR count). The zero-order valence-electron chi connectivity index (χ0n) is 9.34. The minimum atomic E-state index is -1.34. The van der Waals surface area contributed by atoms with E-state index in [1.54, 1.807) is 0 Å². The molecule has 0 aromatic carbocycles. The first kappa shape index (κ1) is 15.2. The van der Waals surface area contributed by atoms with Gasteiger partial charge in [0.25, 0.3) is 5.91 Å². The van der Waals surface area contributed by atoms with E-state index in [2.05, 4.69) is 4.98 Å². The Labute approximate surface area is 117 Å². The summed E-state index contributed by atoms with van der Waals surface area (Å²) >= 11 is 11.3. The molecule has 0 saturated carbocycles. The summed E-state index contributed by atoms with van der Waals surface area (Å²) in [6, 6.07) is 1.14. The highest BCUT2D eigenvalue weighted by Gasteiger charge is 2.23. The van der Waals surface area contributed by atoms with E-state index < -0.39 is 30.9 Å². The van der Waals surface area contributed by atoms with Gasteiger partial charge in [0.1, 0.15) is 18.2 Å². The minimum Gasteiger partial charge on any atom is -0.480 e. The first-order chi connectivity index (χ1) is 8.81. The van der Waals surface area contributed by atoms with Gasteiger partial charge in [0.15, 0.2) is 0 Å². The number of rotatable bonds is 5. The van der Waals surface area contributed by atoms with E-state index >= 15 is 0 Å². The van der Waals surface area contributed by atoms with E-state index in [9.17, 15) is 14.4 Å². The molecular weight excluding hydrogens is 299 g/mol. The molecule has 0 atom stereocenters. The Balaban J connectivity index is 3.07.